The Morgan fingerprint density at radius 3 is 1.52 bits per heavy atom. The molecule has 364 valence electrons. The lowest BCUT2D eigenvalue weighted by molar-refractivity contribution is 0.198. The van der Waals surface area contributed by atoms with E-state index in [9.17, 15) is 56.2 Å². The van der Waals surface area contributed by atoms with Crippen molar-refractivity contribution < 1.29 is 56.2 Å². The van der Waals surface area contributed by atoms with Gasteiger partial charge in [0.25, 0.3) is 0 Å². The largest absolute Gasteiger partial charge is 0.507 e. The molecule has 75 heavy (non-hydrogen) atoms. The van der Waals surface area contributed by atoms with Crippen LogP contribution in [-0.2, 0) is 46.1 Å². The summed E-state index contributed by atoms with van der Waals surface area (Å²) in [5.74, 6) is -1.02. The number of hydrogen-bond donors (Lipinski definition) is 11. The lowest BCUT2D eigenvalue weighted by atomic mass is 9.66. The minimum absolute atomic E-state index is 0.00168. The minimum Gasteiger partial charge on any atom is -0.507 e. The van der Waals surface area contributed by atoms with Crippen LogP contribution in [-0.4, -0.2) is 62.8 Å². The van der Waals surface area contributed by atoms with E-state index < -0.39 is 45.1 Å². The maximum Gasteiger partial charge on any atom is 0.131 e. The summed E-state index contributed by atoms with van der Waals surface area (Å²) in [4.78, 5) is 0. The molecule has 1 aliphatic carbocycles. The summed E-state index contributed by atoms with van der Waals surface area (Å²) in [5, 5.41) is 156. The molecule has 18 rings (SSSR count). The first-order chi connectivity index (χ1) is 36.5. The van der Waals surface area contributed by atoms with E-state index in [-0.39, 0.29) is 36.0 Å². The van der Waals surface area contributed by atoms with Crippen LogP contribution in [0, 0.1) is 0 Å². The molecule has 0 heterocycles. The summed E-state index contributed by atoms with van der Waals surface area (Å²) in [6.45, 7) is 0.432. The molecule has 2 atom stereocenters. The fraction of sp³-hybridized carbons (Fsp3) is 0.188. The Kier molecular flexibility index (Phi) is 7.14. The first-order valence-electron chi connectivity index (χ1n) is 25.7. The van der Waals surface area contributed by atoms with Crippen molar-refractivity contribution in [3.05, 3.63) is 98.1 Å². The average molecular weight is 987 g/mol. The molecule has 0 radical (unpaired) electrons. The summed E-state index contributed by atoms with van der Waals surface area (Å²) in [5.41, 5.74) is 5.37. The molecule has 11 nitrogen and oxygen atoms in total. The standard InChI is InChI=1S/C64H42O11/c1-3-19-6-24-30(14-68)45-35(18(2)72)62-54-43-26(31(15-69)64(62)75)10-25-29(13-67)22-4-5-34(73)39-27-8-20(11-65)23-9-21(12-66)36-32(16-70)38-33(17-71)46-55-48(37(24)28(7-19)63(46)74)53(45)59(54)61-57(55)49(38)56-47(36)41(23)44(27)52-50(40(22)39)42(25)51(43)58(61)60(52)56/h4-10,18,30,65-75H,3,11-17H2,1-2H3. The SMILES string of the molecule is CCc1cc2c3c(c1)c(O)c1c(CO)c4c(CO)c5c(CO)cc6c(CO)cc7c8c(O)ccc9c(CO)c%10cc%11c(CO)c(O)c%12c(C(C)O)c(c%13c3c1c1c4c3c5c6c7c4c(c98)c%10c5c%11c%12c%13c1c5c34)C2CO. The third-order valence-corrected chi connectivity index (χ3v) is 19.3. The molecular weight excluding hydrogens is 945 g/mol. The second-order valence-electron chi connectivity index (χ2n) is 21.9. The maximum atomic E-state index is 13.3. The molecule has 0 fully saturated rings. The molecule has 17 aromatic carbocycles. The highest BCUT2D eigenvalue weighted by molar-refractivity contribution is 6.65. The summed E-state index contributed by atoms with van der Waals surface area (Å²) in [6, 6.07) is 13.3. The third kappa shape index (κ3) is 3.90. The smallest absolute Gasteiger partial charge is 0.131 e. The Balaban J connectivity index is 1.36. The van der Waals surface area contributed by atoms with Gasteiger partial charge in [-0.2, -0.15) is 0 Å². The van der Waals surface area contributed by atoms with Gasteiger partial charge in [-0.15, -0.1) is 0 Å². The van der Waals surface area contributed by atoms with Gasteiger partial charge in [-0.05, 0) is 218 Å². The molecular formula is C64H42O11. The quantitative estimate of drug-likeness (QED) is 0.0482. The van der Waals surface area contributed by atoms with E-state index >= 15 is 0 Å². The van der Waals surface area contributed by atoms with E-state index in [2.05, 4.69) is 6.07 Å². The van der Waals surface area contributed by atoms with Crippen molar-refractivity contribution in [2.75, 3.05) is 6.61 Å². The topological polar surface area (TPSA) is 223 Å². The van der Waals surface area contributed by atoms with E-state index in [1.807, 2.05) is 37.3 Å². The zero-order valence-corrected chi connectivity index (χ0v) is 40.3. The Labute approximate surface area is 420 Å². The van der Waals surface area contributed by atoms with Gasteiger partial charge in [-0.1, -0.05) is 19.1 Å². The van der Waals surface area contributed by atoms with Gasteiger partial charge in [0.05, 0.1) is 52.4 Å². The number of aliphatic hydroxyl groups excluding tert-OH is 8. The molecule has 0 aliphatic heterocycles. The summed E-state index contributed by atoms with van der Waals surface area (Å²) >= 11 is 0. The van der Waals surface area contributed by atoms with E-state index in [4.69, 9.17) is 0 Å². The summed E-state index contributed by atoms with van der Waals surface area (Å²) in [6.07, 6.45) is -0.631. The Morgan fingerprint density at radius 2 is 0.893 bits per heavy atom. The van der Waals surface area contributed by atoms with Crippen LogP contribution in [0.15, 0.2) is 42.5 Å². The van der Waals surface area contributed by atoms with Crippen molar-refractivity contribution in [2.45, 2.75) is 71.9 Å². The van der Waals surface area contributed by atoms with Crippen molar-refractivity contribution in [1.82, 2.24) is 0 Å². The number of fused-ring (bicyclic) bond motifs is 1. The predicted molar refractivity (Wildman–Crippen MR) is 297 cm³/mol. The third-order valence-electron chi connectivity index (χ3n) is 19.3. The lowest BCUT2D eigenvalue weighted by Crippen LogP contribution is -2.17. The van der Waals surface area contributed by atoms with Gasteiger partial charge in [0.2, 0.25) is 0 Å². The van der Waals surface area contributed by atoms with Gasteiger partial charge in [-0.3, -0.25) is 0 Å². The molecule has 1 aliphatic rings. The number of rotatable bonds is 9. The number of aliphatic hydroxyl groups is 8. The van der Waals surface area contributed by atoms with Crippen LogP contribution in [0.3, 0.4) is 0 Å². The molecule has 0 amide bonds. The van der Waals surface area contributed by atoms with E-state index in [0.29, 0.717) is 121 Å². The van der Waals surface area contributed by atoms with Crippen LogP contribution in [0.25, 0.3) is 172 Å². The van der Waals surface area contributed by atoms with Gasteiger partial charge in [0.15, 0.2) is 0 Å². The zero-order valence-electron chi connectivity index (χ0n) is 40.3. The number of aryl methyl sites for hydroxylation is 1. The van der Waals surface area contributed by atoms with E-state index in [1.54, 1.807) is 13.0 Å². The van der Waals surface area contributed by atoms with Gasteiger partial charge in [0.1, 0.15) is 17.2 Å². The summed E-state index contributed by atoms with van der Waals surface area (Å²) in [7, 11) is 0. The highest BCUT2D eigenvalue weighted by Gasteiger charge is 2.42. The lowest BCUT2D eigenvalue weighted by Gasteiger charge is -2.37. The van der Waals surface area contributed by atoms with Crippen LogP contribution in [0.5, 0.6) is 17.2 Å². The predicted octanol–water partition coefficient (Wildman–Crippen LogP) is 11.2. The van der Waals surface area contributed by atoms with Crippen molar-refractivity contribution in [2.24, 2.45) is 0 Å². The molecule has 0 aromatic heterocycles. The van der Waals surface area contributed by atoms with E-state index in [1.165, 1.54) is 0 Å². The van der Waals surface area contributed by atoms with Crippen LogP contribution in [0.2, 0.25) is 0 Å². The van der Waals surface area contributed by atoms with Crippen molar-refractivity contribution in [1.29, 1.82) is 0 Å². The molecule has 0 spiro atoms. The van der Waals surface area contributed by atoms with Gasteiger partial charge in [0, 0.05) is 60.0 Å². The Morgan fingerprint density at radius 1 is 0.387 bits per heavy atom. The maximum absolute atomic E-state index is 13.3. The van der Waals surface area contributed by atoms with Crippen LogP contribution < -0.4 is 0 Å². The fourth-order valence-electron chi connectivity index (χ4n) is 17.0. The average Bonchev–Trinajstić information content (AvgIpc) is 3.54. The van der Waals surface area contributed by atoms with E-state index in [0.717, 1.165) is 108 Å². The molecule has 17 aromatic rings. The molecule has 11 heteroatoms. The highest BCUT2D eigenvalue weighted by Crippen LogP contribution is 2.68. The van der Waals surface area contributed by atoms with Crippen molar-refractivity contribution in [3.8, 4) is 17.2 Å². The van der Waals surface area contributed by atoms with Crippen LogP contribution >= 0.6 is 0 Å². The van der Waals surface area contributed by atoms with Crippen LogP contribution in [0.4, 0.5) is 0 Å². The highest BCUT2D eigenvalue weighted by atomic mass is 16.3. The Bertz CT molecular complexity index is 5460. The molecule has 0 saturated heterocycles. The Hall–Kier alpha value is -7.68. The normalized spacial score (nSPS) is 15.5. The molecule has 0 bridgehead atoms. The minimum atomic E-state index is -1.21. The molecule has 11 N–H and O–H groups in total. The van der Waals surface area contributed by atoms with Crippen molar-refractivity contribution in [3.63, 3.8) is 0 Å². The van der Waals surface area contributed by atoms with Crippen LogP contribution in [0.1, 0.15) is 81.5 Å². The zero-order chi connectivity index (χ0) is 50.7. The fourth-order valence-corrected chi connectivity index (χ4v) is 17.0. The van der Waals surface area contributed by atoms with Gasteiger partial charge in [-0.25, -0.2) is 0 Å². The second-order valence-corrected chi connectivity index (χ2v) is 21.9. The van der Waals surface area contributed by atoms with Gasteiger partial charge < -0.3 is 56.2 Å². The summed E-state index contributed by atoms with van der Waals surface area (Å²) < 4.78 is 0. The van der Waals surface area contributed by atoms with Crippen molar-refractivity contribution >= 4 is 172 Å². The number of phenolic OH excluding ortho intramolecular Hbond substituents is 2. The number of hydrogen-bond acceptors (Lipinski definition) is 11. The first-order valence-corrected chi connectivity index (χ1v) is 25.7. The number of phenols is 3. The second kappa shape index (κ2) is 12.9. The first kappa shape index (κ1) is 41.6. The molecule has 2 unspecified atom stereocenters. The number of aromatic hydroxyl groups is 3. The number of benzene rings is 17. The van der Waals surface area contributed by atoms with Gasteiger partial charge >= 0.3 is 0 Å². The monoisotopic (exact) mass is 986 g/mol. The molecule has 0 saturated carbocycles.